The van der Waals surface area contributed by atoms with Crippen LogP contribution in [0, 0.1) is 28.8 Å². The molecule has 0 radical (unpaired) electrons. The van der Waals surface area contributed by atoms with E-state index < -0.39 is 17.5 Å². The van der Waals surface area contributed by atoms with Crippen molar-refractivity contribution in [2.24, 2.45) is 0 Å². The smallest absolute Gasteiger partial charge is 0.195 e. The second-order valence-corrected chi connectivity index (χ2v) is 4.07. The number of halogens is 3. The molecule has 2 heterocycles. The minimum absolute atomic E-state index is 0.0496. The Kier molecular flexibility index (Phi) is 2.68. The average Bonchev–Trinajstić information content (AvgIpc) is 2.84. The van der Waals surface area contributed by atoms with Crippen molar-refractivity contribution in [3.8, 4) is 17.5 Å². The standard InChI is InChI=1S/C14H6F3N3/c15-9-5-4-8(12(16)13(9)17)14-19-10(7-18)11-3-1-2-6-20(11)14/h1-6H. The largest absolute Gasteiger partial charge is 0.298 e. The van der Waals surface area contributed by atoms with Crippen LogP contribution in [0.2, 0.25) is 0 Å². The highest BCUT2D eigenvalue weighted by atomic mass is 19.2. The van der Waals surface area contributed by atoms with Crippen molar-refractivity contribution >= 4 is 5.52 Å². The molecule has 3 rings (SSSR count). The van der Waals surface area contributed by atoms with Crippen molar-refractivity contribution < 1.29 is 13.2 Å². The maximum absolute atomic E-state index is 13.8. The Hall–Kier alpha value is -2.81. The number of nitrogens with zero attached hydrogens (tertiary/aromatic N) is 3. The van der Waals surface area contributed by atoms with Crippen molar-refractivity contribution in [1.82, 2.24) is 9.38 Å². The van der Waals surface area contributed by atoms with E-state index in [9.17, 15) is 13.2 Å². The van der Waals surface area contributed by atoms with Crippen LogP contribution in [0.3, 0.4) is 0 Å². The molecular formula is C14H6F3N3. The summed E-state index contributed by atoms with van der Waals surface area (Å²) in [5.74, 6) is -4.11. The van der Waals surface area contributed by atoms with Gasteiger partial charge < -0.3 is 0 Å². The van der Waals surface area contributed by atoms with Crippen LogP contribution in [-0.2, 0) is 0 Å². The average molecular weight is 273 g/mol. The summed E-state index contributed by atoms with van der Waals surface area (Å²) in [7, 11) is 0. The van der Waals surface area contributed by atoms with Crippen molar-refractivity contribution in [1.29, 1.82) is 5.26 Å². The van der Waals surface area contributed by atoms with Gasteiger partial charge in [0.2, 0.25) is 0 Å². The summed E-state index contributed by atoms with van der Waals surface area (Å²) in [6.45, 7) is 0. The fraction of sp³-hybridized carbons (Fsp3) is 0. The fourth-order valence-electron chi connectivity index (χ4n) is 2.01. The number of hydrogen-bond acceptors (Lipinski definition) is 2. The lowest BCUT2D eigenvalue weighted by Crippen LogP contribution is -1.97. The van der Waals surface area contributed by atoms with E-state index in [1.54, 1.807) is 24.4 Å². The number of fused-ring (bicyclic) bond motifs is 1. The van der Waals surface area contributed by atoms with Gasteiger partial charge in [-0.25, -0.2) is 18.2 Å². The highest BCUT2D eigenvalue weighted by Gasteiger charge is 2.19. The van der Waals surface area contributed by atoms with Gasteiger partial charge in [-0.15, -0.1) is 0 Å². The number of hydrogen-bond donors (Lipinski definition) is 0. The second-order valence-electron chi connectivity index (χ2n) is 4.07. The molecule has 0 aliphatic carbocycles. The first-order valence-electron chi connectivity index (χ1n) is 5.64. The van der Waals surface area contributed by atoms with Crippen LogP contribution in [0.4, 0.5) is 13.2 Å². The molecule has 1 aromatic carbocycles. The molecule has 3 nitrogen and oxygen atoms in total. The van der Waals surface area contributed by atoms with Crippen LogP contribution in [0.5, 0.6) is 0 Å². The maximum atomic E-state index is 13.8. The maximum Gasteiger partial charge on any atom is 0.195 e. The molecular weight excluding hydrogens is 267 g/mol. The second kappa shape index (κ2) is 4.38. The molecule has 0 aliphatic heterocycles. The summed E-state index contributed by atoms with van der Waals surface area (Å²) in [5, 5.41) is 9.01. The molecule has 0 unspecified atom stereocenters. The fourth-order valence-corrected chi connectivity index (χ4v) is 2.01. The van der Waals surface area contributed by atoms with Gasteiger partial charge in [0, 0.05) is 6.20 Å². The molecule has 0 amide bonds. The van der Waals surface area contributed by atoms with E-state index in [4.69, 9.17) is 5.26 Å². The van der Waals surface area contributed by atoms with Gasteiger partial charge in [-0.3, -0.25) is 4.40 Å². The van der Waals surface area contributed by atoms with E-state index in [0.717, 1.165) is 12.1 Å². The normalized spacial score (nSPS) is 10.7. The minimum atomic E-state index is -1.56. The minimum Gasteiger partial charge on any atom is -0.298 e. The van der Waals surface area contributed by atoms with Gasteiger partial charge in [0.1, 0.15) is 11.9 Å². The molecule has 98 valence electrons. The highest BCUT2D eigenvalue weighted by Crippen LogP contribution is 2.27. The third-order valence-corrected chi connectivity index (χ3v) is 2.93. The van der Waals surface area contributed by atoms with Crippen LogP contribution < -0.4 is 0 Å². The van der Waals surface area contributed by atoms with E-state index >= 15 is 0 Å². The van der Waals surface area contributed by atoms with Crippen LogP contribution in [-0.4, -0.2) is 9.38 Å². The van der Waals surface area contributed by atoms with Crippen molar-refractivity contribution in [2.45, 2.75) is 0 Å². The lowest BCUT2D eigenvalue weighted by molar-refractivity contribution is 0.448. The van der Waals surface area contributed by atoms with Gasteiger partial charge in [-0.1, -0.05) is 6.07 Å². The predicted molar refractivity (Wildman–Crippen MR) is 65.2 cm³/mol. The molecule has 0 saturated heterocycles. The summed E-state index contributed by atoms with van der Waals surface area (Å²) in [6.07, 6.45) is 1.57. The van der Waals surface area contributed by atoms with Crippen LogP contribution in [0.25, 0.3) is 16.9 Å². The Morgan fingerprint density at radius 3 is 2.60 bits per heavy atom. The number of rotatable bonds is 1. The zero-order chi connectivity index (χ0) is 14.3. The van der Waals surface area contributed by atoms with E-state index in [2.05, 4.69) is 4.98 Å². The number of pyridine rings is 1. The Morgan fingerprint density at radius 2 is 1.85 bits per heavy atom. The molecule has 2 aromatic heterocycles. The quantitative estimate of drug-likeness (QED) is 0.638. The molecule has 0 spiro atoms. The molecule has 20 heavy (non-hydrogen) atoms. The van der Waals surface area contributed by atoms with Crippen molar-refractivity contribution in [3.63, 3.8) is 0 Å². The first-order chi connectivity index (χ1) is 9.63. The molecule has 0 fully saturated rings. The van der Waals surface area contributed by atoms with Gasteiger partial charge >= 0.3 is 0 Å². The zero-order valence-corrected chi connectivity index (χ0v) is 9.94. The summed E-state index contributed by atoms with van der Waals surface area (Å²) in [4.78, 5) is 3.98. The van der Waals surface area contributed by atoms with Gasteiger partial charge in [0.15, 0.2) is 23.1 Å². The summed E-state index contributed by atoms with van der Waals surface area (Å²) in [5.41, 5.74) is 0.352. The van der Waals surface area contributed by atoms with Crippen LogP contribution >= 0.6 is 0 Å². The van der Waals surface area contributed by atoms with E-state index in [1.165, 1.54) is 4.40 Å². The van der Waals surface area contributed by atoms with Gasteiger partial charge in [-0.2, -0.15) is 5.26 Å². The lowest BCUT2D eigenvalue weighted by Gasteiger charge is -2.04. The van der Waals surface area contributed by atoms with Gasteiger partial charge in [-0.05, 0) is 24.3 Å². The van der Waals surface area contributed by atoms with Crippen molar-refractivity contribution in [2.75, 3.05) is 0 Å². The van der Waals surface area contributed by atoms with Crippen molar-refractivity contribution in [3.05, 3.63) is 59.7 Å². The van der Waals surface area contributed by atoms with Gasteiger partial charge in [0.05, 0.1) is 11.1 Å². The predicted octanol–water partition coefficient (Wildman–Crippen LogP) is 3.29. The Labute approximate surface area is 111 Å². The van der Waals surface area contributed by atoms with E-state index in [1.807, 2.05) is 6.07 Å². The third-order valence-electron chi connectivity index (χ3n) is 2.93. The Balaban J connectivity index is 2.37. The van der Waals surface area contributed by atoms with Gasteiger partial charge in [0.25, 0.3) is 0 Å². The summed E-state index contributed by atoms with van der Waals surface area (Å²) >= 11 is 0. The zero-order valence-electron chi connectivity index (χ0n) is 9.94. The third kappa shape index (κ3) is 1.64. The van der Waals surface area contributed by atoms with Crippen LogP contribution in [0.1, 0.15) is 5.69 Å². The number of imidazole rings is 1. The van der Waals surface area contributed by atoms with E-state index in [0.29, 0.717) is 5.52 Å². The Morgan fingerprint density at radius 1 is 1.05 bits per heavy atom. The monoisotopic (exact) mass is 273 g/mol. The first-order valence-corrected chi connectivity index (χ1v) is 5.64. The molecule has 0 atom stereocenters. The molecule has 0 N–H and O–H groups in total. The van der Waals surface area contributed by atoms with Crippen LogP contribution in [0.15, 0.2) is 36.5 Å². The summed E-state index contributed by atoms with van der Waals surface area (Å²) in [6, 6.07) is 8.79. The molecule has 3 aromatic rings. The molecule has 0 aliphatic rings. The topological polar surface area (TPSA) is 41.1 Å². The number of aromatic nitrogens is 2. The molecule has 0 saturated carbocycles. The molecule has 6 heteroatoms. The number of nitriles is 1. The first kappa shape index (κ1) is 12.2. The van der Waals surface area contributed by atoms with E-state index in [-0.39, 0.29) is 17.1 Å². The SMILES string of the molecule is N#Cc1nc(-c2ccc(F)c(F)c2F)n2ccccc12. The molecule has 0 bridgehead atoms. The highest BCUT2D eigenvalue weighted by molar-refractivity contribution is 5.68. The Bertz CT molecular complexity index is 862. The lowest BCUT2D eigenvalue weighted by atomic mass is 10.2. The number of benzene rings is 1. The summed E-state index contributed by atoms with van der Waals surface area (Å²) < 4.78 is 41.6.